The number of nitrogens with zero attached hydrogens (tertiary/aromatic N) is 2. The third kappa shape index (κ3) is 2.05. The van der Waals surface area contributed by atoms with Crippen molar-refractivity contribution in [2.75, 3.05) is 5.32 Å². The van der Waals surface area contributed by atoms with Crippen LogP contribution in [-0.2, 0) is 0 Å². The number of rotatable bonds is 3. The SMILES string of the molecule is O=c1[nH]c2cc(-c3ccc(NC4CC4)nn3)ccc2o1. The van der Waals surface area contributed by atoms with Crippen LogP contribution in [0.2, 0.25) is 0 Å². The van der Waals surface area contributed by atoms with Crippen molar-refractivity contribution in [3.8, 4) is 11.3 Å². The number of hydrogen-bond acceptors (Lipinski definition) is 5. The van der Waals surface area contributed by atoms with Crippen LogP contribution in [-0.4, -0.2) is 21.2 Å². The lowest BCUT2D eigenvalue weighted by atomic mass is 10.1. The van der Waals surface area contributed by atoms with Crippen LogP contribution in [0.25, 0.3) is 22.4 Å². The smallest absolute Gasteiger partial charge is 0.408 e. The van der Waals surface area contributed by atoms with Crippen molar-refractivity contribution < 1.29 is 4.42 Å². The molecule has 0 saturated heterocycles. The minimum absolute atomic E-state index is 0.452. The van der Waals surface area contributed by atoms with Crippen LogP contribution in [0.5, 0.6) is 0 Å². The standard InChI is InChI=1S/C14H12N4O2/c19-14-16-11-7-8(1-5-12(11)20-14)10-4-6-13(18-17-10)15-9-2-3-9/h1,4-7,9H,2-3H2,(H,15,18)(H,16,19). The Balaban J connectivity index is 1.68. The van der Waals surface area contributed by atoms with E-state index < -0.39 is 5.76 Å². The average Bonchev–Trinajstić information content (AvgIpc) is 3.18. The molecule has 20 heavy (non-hydrogen) atoms. The van der Waals surface area contributed by atoms with E-state index in [0.29, 0.717) is 17.1 Å². The van der Waals surface area contributed by atoms with E-state index >= 15 is 0 Å². The zero-order valence-corrected chi connectivity index (χ0v) is 10.6. The van der Waals surface area contributed by atoms with Gasteiger partial charge in [0, 0.05) is 11.6 Å². The van der Waals surface area contributed by atoms with Crippen LogP contribution in [0.3, 0.4) is 0 Å². The third-order valence-electron chi connectivity index (χ3n) is 3.31. The lowest BCUT2D eigenvalue weighted by Gasteiger charge is -2.04. The molecule has 3 aromatic rings. The molecule has 1 aliphatic carbocycles. The predicted octanol–water partition coefficient (Wildman–Crippen LogP) is 2.15. The summed E-state index contributed by atoms with van der Waals surface area (Å²) in [6.45, 7) is 0. The molecular formula is C14H12N4O2. The van der Waals surface area contributed by atoms with Crippen LogP contribution in [0.4, 0.5) is 5.82 Å². The molecule has 2 aromatic heterocycles. The monoisotopic (exact) mass is 268 g/mol. The van der Waals surface area contributed by atoms with Gasteiger partial charge in [0.15, 0.2) is 5.58 Å². The average molecular weight is 268 g/mol. The first kappa shape index (κ1) is 11.2. The van der Waals surface area contributed by atoms with Crippen molar-refractivity contribution in [1.82, 2.24) is 15.2 Å². The van der Waals surface area contributed by atoms with Gasteiger partial charge < -0.3 is 9.73 Å². The molecule has 2 heterocycles. The van der Waals surface area contributed by atoms with Crippen LogP contribution in [0.15, 0.2) is 39.5 Å². The minimum atomic E-state index is -0.452. The van der Waals surface area contributed by atoms with E-state index in [2.05, 4.69) is 20.5 Å². The van der Waals surface area contributed by atoms with Crippen LogP contribution in [0.1, 0.15) is 12.8 Å². The molecule has 1 aliphatic rings. The normalized spacial score (nSPS) is 14.6. The number of benzene rings is 1. The molecule has 0 atom stereocenters. The Morgan fingerprint density at radius 2 is 2.10 bits per heavy atom. The number of fused-ring (bicyclic) bond motifs is 1. The summed E-state index contributed by atoms with van der Waals surface area (Å²) < 4.78 is 4.97. The summed E-state index contributed by atoms with van der Waals surface area (Å²) in [5.41, 5.74) is 2.85. The van der Waals surface area contributed by atoms with E-state index in [9.17, 15) is 4.79 Å². The molecule has 0 radical (unpaired) electrons. The summed E-state index contributed by atoms with van der Waals surface area (Å²) in [6.07, 6.45) is 2.40. The van der Waals surface area contributed by atoms with E-state index in [4.69, 9.17) is 4.42 Å². The summed E-state index contributed by atoms with van der Waals surface area (Å²) in [7, 11) is 0. The summed E-state index contributed by atoms with van der Waals surface area (Å²) in [5.74, 6) is 0.348. The number of hydrogen-bond donors (Lipinski definition) is 2. The van der Waals surface area contributed by atoms with Gasteiger partial charge in [-0.1, -0.05) is 0 Å². The molecule has 2 N–H and O–H groups in total. The van der Waals surface area contributed by atoms with Gasteiger partial charge in [-0.15, -0.1) is 10.2 Å². The highest BCUT2D eigenvalue weighted by atomic mass is 16.4. The van der Waals surface area contributed by atoms with Crippen molar-refractivity contribution in [2.45, 2.75) is 18.9 Å². The van der Waals surface area contributed by atoms with Crippen molar-refractivity contribution in [1.29, 1.82) is 0 Å². The number of anilines is 1. The Kier molecular flexibility index (Phi) is 2.35. The molecular weight excluding hydrogens is 256 g/mol. The highest BCUT2D eigenvalue weighted by Gasteiger charge is 2.21. The quantitative estimate of drug-likeness (QED) is 0.760. The first-order valence-corrected chi connectivity index (χ1v) is 6.51. The topological polar surface area (TPSA) is 83.8 Å². The molecule has 0 spiro atoms. The number of nitrogens with one attached hydrogen (secondary N) is 2. The maximum Gasteiger partial charge on any atom is 0.417 e. The lowest BCUT2D eigenvalue weighted by Crippen LogP contribution is -2.03. The van der Waals surface area contributed by atoms with Gasteiger partial charge in [-0.3, -0.25) is 4.98 Å². The van der Waals surface area contributed by atoms with Gasteiger partial charge in [-0.2, -0.15) is 0 Å². The van der Waals surface area contributed by atoms with Crippen LogP contribution in [0, 0.1) is 0 Å². The fourth-order valence-corrected chi connectivity index (χ4v) is 2.11. The van der Waals surface area contributed by atoms with Crippen LogP contribution < -0.4 is 11.1 Å². The molecule has 0 amide bonds. The predicted molar refractivity (Wildman–Crippen MR) is 74.5 cm³/mol. The molecule has 1 saturated carbocycles. The van der Waals surface area contributed by atoms with E-state index in [1.807, 2.05) is 24.3 Å². The first-order chi connectivity index (χ1) is 9.78. The Labute approximate surface area is 113 Å². The van der Waals surface area contributed by atoms with Gasteiger partial charge in [0.25, 0.3) is 0 Å². The highest BCUT2D eigenvalue weighted by Crippen LogP contribution is 2.25. The zero-order chi connectivity index (χ0) is 13.5. The van der Waals surface area contributed by atoms with Gasteiger partial charge in [-0.25, -0.2) is 4.79 Å². The molecule has 1 aromatic carbocycles. The van der Waals surface area contributed by atoms with Gasteiger partial charge in [0.05, 0.1) is 11.2 Å². The summed E-state index contributed by atoms with van der Waals surface area (Å²) in [6, 6.07) is 9.83. The van der Waals surface area contributed by atoms with E-state index in [-0.39, 0.29) is 0 Å². The molecule has 1 fully saturated rings. The maximum atomic E-state index is 11.1. The largest absolute Gasteiger partial charge is 0.417 e. The fourth-order valence-electron chi connectivity index (χ4n) is 2.11. The molecule has 0 aliphatic heterocycles. The van der Waals surface area contributed by atoms with Gasteiger partial charge in [-0.05, 0) is 43.2 Å². The second kappa shape index (κ2) is 4.19. The summed E-state index contributed by atoms with van der Waals surface area (Å²) in [4.78, 5) is 13.8. The molecule has 6 heteroatoms. The Morgan fingerprint density at radius 1 is 1.20 bits per heavy atom. The van der Waals surface area contributed by atoms with E-state index in [1.54, 1.807) is 6.07 Å². The second-order valence-corrected chi connectivity index (χ2v) is 4.95. The molecule has 6 nitrogen and oxygen atoms in total. The van der Waals surface area contributed by atoms with Crippen molar-refractivity contribution in [3.05, 3.63) is 40.9 Å². The van der Waals surface area contributed by atoms with E-state index in [1.165, 1.54) is 12.8 Å². The van der Waals surface area contributed by atoms with Crippen molar-refractivity contribution in [2.24, 2.45) is 0 Å². The second-order valence-electron chi connectivity index (χ2n) is 4.95. The Bertz CT molecular complexity index is 815. The number of aromatic amines is 1. The van der Waals surface area contributed by atoms with E-state index in [0.717, 1.165) is 17.1 Å². The first-order valence-electron chi connectivity index (χ1n) is 6.51. The molecule has 100 valence electrons. The molecule has 0 unspecified atom stereocenters. The molecule has 0 bridgehead atoms. The van der Waals surface area contributed by atoms with Gasteiger partial charge in [0.2, 0.25) is 0 Å². The lowest BCUT2D eigenvalue weighted by molar-refractivity contribution is 0.555. The van der Waals surface area contributed by atoms with Crippen molar-refractivity contribution >= 4 is 16.9 Å². The Hall–Kier alpha value is -2.63. The van der Waals surface area contributed by atoms with Crippen molar-refractivity contribution in [3.63, 3.8) is 0 Å². The fraction of sp³-hybridized carbons (Fsp3) is 0.214. The number of H-pyrrole nitrogens is 1. The Morgan fingerprint density at radius 3 is 2.85 bits per heavy atom. The summed E-state index contributed by atoms with van der Waals surface area (Å²) in [5, 5.41) is 11.7. The van der Waals surface area contributed by atoms with Crippen LogP contribution >= 0.6 is 0 Å². The van der Waals surface area contributed by atoms with Gasteiger partial charge in [0.1, 0.15) is 5.82 Å². The molecule has 4 rings (SSSR count). The third-order valence-corrected chi connectivity index (χ3v) is 3.31. The minimum Gasteiger partial charge on any atom is -0.408 e. The maximum absolute atomic E-state index is 11.1. The highest BCUT2D eigenvalue weighted by molar-refractivity contribution is 5.79. The zero-order valence-electron chi connectivity index (χ0n) is 10.6. The van der Waals surface area contributed by atoms with Gasteiger partial charge >= 0.3 is 5.76 Å². The number of aromatic nitrogens is 3. The summed E-state index contributed by atoms with van der Waals surface area (Å²) >= 11 is 0. The number of oxazole rings is 1.